The molecule has 102 valence electrons. The Kier molecular flexibility index (Phi) is 4.01. The molecule has 1 unspecified atom stereocenters. The second-order valence-electron chi connectivity index (χ2n) is 4.32. The highest BCUT2D eigenvalue weighted by molar-refractivity contribution is 5.38. The van der Waals surface area contributed by atoms with E-state index in [1.807, 2.05) is 6.92 Å². The number of methoxy groups -OCH3 is 1. The molecule has 2 rings (SSSR count). The van der Waals surface area contributed by atoms with Gasteiger partial charge < -0.3 is 10.5 Å². The van der Waals surface area contributed by atoms with Gasteiger partial charge in [-0.25, -0.2) is 14.5 Å². The molecule has 0 aliphatic rings. The molecule has 0 saturated heterocycles. The van der Waals surface area contributed by atoms with Crippen LogP contribution in [0.5, 0.6) is 5.75 Å². The first kappa shape index (κ1) is 13.4. The van der Waals surface area contributed by atoms with E-state index in [2.05, 4.69) is 10.2 Å². The third-order valence-corrected chi connectivity index (χ3v) is 2.96. The van der Waals surface area contributed by atoms with E-state index < -0.39 is 0 Å². The Labute approximate surface area is 111 Å². The van der Waals surface area contributed by atoms with Gasteiger partial charge in [0, 0.05) is 0 Å². The van der Waals surface area contributed by atoms with Crippen LogP contribution in [0.2, 0.25) is 0 Å². The van der Waals surface area contributed by atoms with Gasteiger partial charge >= 0.3 is 5.69 Å². The molecule has 1 atom stereocenters. The summed E-state index contributed by atoms with van der Waals surface area (Å²) >= 11 is 0. The van der Waals surface area contributed by atoms with E-state index >= 15 is 0 Å². The Balaban J connectivity index is 2.42. The van der Waals surface area contributed by atoms with Crippen LogP contribution in [0.25, 0.3) is 5.69 Å². The summed E-state index contributed by atoms with van der Waals surface area (Å²) in [6, 6.07) is 6.94. The Hall–Kier alpha value is -2.08. The lowest BCUT2D eigenvalue weighted by Gasteiger charge is -2.11. The summed E-state index contributed by atoms with van der Waals surface area (Å²) in [5.74, 6) is 1.29. The number of hydrogen-bond donors (Lipinski definition) is 2. The largest absolute Gasteiger partial charge is 0.497 e. The maximum absolute atomic E-state index is 11.9. The van der Waals surface area contributed by atoms with Crippen LogP contribution in [0, 0.1) is 0 Å². The number of benzene rings is 1. The van der Waals surface area contributed by atoms with Crippen LogP contribution in [-0.2, 0) is 0 Å². The van der Waals surface area contributed by atoms with Crippen molar-refractivity contribution in [3.05, 3.63) is 40.6 Å². The third-order valence-electron chi connectivity index (χ3n) is 2.96. The quantitative estimate of drug-likeness (QED) is 0.852. The Bertz CT molecular complexity index is 585. The molecule has 6 heteroatoms. The third kappa shape index (κ3) is 2.68. The number of H-pyrrole nitrogens is 1. The van der Waals surface area contributed by atoms with Crippen molar-refractivity contribution >= 4 is 0 Å². The minimum absolute atomic E-state index is 0.258. The molecule has 6 nitrogen and oxygen atoms in total. The fraction of sp³-hybridized carbons (Fsp3) is 0.385. The number of hydrogen-bond acceptors (Lipinski definition) is 4. The van der Waals surface area contributed by atoms with Gasteiger partial charge in [0.2, 0.25) is 0 Å². The zero-order valence-electron chi connectivity index (χ0n) is 11.1. The summed E-state index contributed by atoms with van der Waals surface area (Å²) in [4.78, 5) is 11.9. The molecule has 0 spiro atoms. The minimum atomic E-state index is -0.285. The van der Waals surface area contributed by atoms with Crippen LogP contribution in [0.15, 0.2) is 29.1 Å². The van der Waals surface area contributed by atoms with Gasteiger partial charge in [0.15, 0.2) is 5.82 Å². The van der Waals surface area contributed by atoms with Gasteiger partial charge in [0.25, 0.3) is 0 Å². The number of nitrogens with zero attached hydrogens (tertiary/aromatic N) is 2. The zero-order chi connectivity index (χ0) is 13.8. The standard InChI is InChI=1S/C13H18N4O2/c1-3-4-11(14)12-15-16-13(18)17(12)9-5-7-10(19-2)8-6-9/h5-8,11H,3-4,14H2,1-2H3,(H,16,18). The Morgan fingerprint density at radius 3 is 2.68 bits per heavy atom. The second-order valence-corrected chi connectivity index (χ2v) is 4.32. The van der Waals surface area contributed by atoms with Crippen LogP contribution in [0.1, 0.15) is 31.6 Å². The Morgan fingerprint density at radius 2 is 2.11 bits per heavy atom. The number of nitrogens with one attached hydrogen (secondary N) is 1. The summed E-state index contributed by atoms with van der Waals surface area (Å²) in [6.07, 6.45) is 1.71. The van der Waals surface area contributed by atoms with Crippen molar-refractivity contribution in [2.24, 2.45) is 5.73 Å². The molecule has 3 N–H and O–H groups in total. The van der Waals surface area contributed by atoms with Crippen LogP contribution in [0.4, 0.5) is 0 Å². The van der Waals surface area contributed by atoms with Crippen molar-refractivity contribution in [1.29, 1.82) is 0 Å². The maximum Gasteiger partial charge on any atom is 0.347 e. The SMILES string of the molecule is CCCC(N)c1n[nH]c(=O)n1-c1ccc(OC)cc1. The molecule has 0 saturated carbocycles. The van der Waals surface area contributed by atoms with Crippen molar-refractivity contribution in [3.63, 3.8) is 0 Å². The molecule has 0 radical (unpaired) electrons. The van der Waals surface area contributed by atoms with Gasteiger partial charge in [0.05, 0.1) is 18.8 Å². The summed E-state index contributed by atoms with van der Waals surface area (Å²) in [5.41, 5.74) is 6.48. The number of aromatic amines is 1. The summed E-state index contributed by atoms with van der Waals surface area (Å²) < 4.78 is 6.60. The first-order valence-electron chi connectivity index (χ1n) is 6.24. The lowest BCUT2D eigenvalue weighted by Crippen LogP contribution is -2.21. The van der Waals surface area contributed by atoms with E-state index in [1.54, 1.807) is 31.4 Å². The monoisotopic (exact) mass is 262 g/mol. The number of rotatable bonds is 5. The topological polar surface area (TPSA) is 85.9 Å². The fourth-order valence-corrected chi connectivity index (χ4v) is 1.98. The zero-order valence-corrected chi connectivity index (χ0v) is 11.1. The maximum atomic E-state index is 11.9. The minimum Gasteiger partial charge on any atom is -0.497 e. The van der Waals surface area contributed by atoms with Crippen LogP contribution in [-0.4, -0.2) is 21.9 Å². The van der Waals surface area contributed by atoms with E-state index in [-0.39, 0.29) is 11.7 Å². The first-order valence-corrected chi connectivity index (χ1v) is 6.24. The van der Waals surface area contributed by atoms with Gasteiger partial charge in [-0.05, 0) is 30.7 Å². The predicted molar refractivity (Wildman–Crippen MR) is 72.6 cm³/mol. The molecule has 0 fully saturated rings. The summed E-state index contributed by atoms with van der Waals surface area (Å²) in [5, 5.41) is 6.47. The van der Waals surface area contributed by atoms with Crippen molar-refractivity contribution in [3.8, 4) is 11.4 Å². The second kappa shape index (κ2) is 5.71. The van der Waals surface area contributed by atoms with E-state index in [4.69, 9.17) is 10.5 Å². The van der Waals surface area contributed by atoms with E-state index in [1.165, 1.54) is 4.57 Å². The van der Waals surface area contributed by atoms with Crippen molar-refractivity contribution in [2.75, 3.05) is 7.11 Å². The van der Waals surface area contributed by atoms with E-state index in [9.17, 15) is 4.79 Å². The molecule has 0 aliphatic heterocycles. The molecule has 0 bridgehead atoms. The van der Waals surface area contributed by atoms with Crippen molar-refractivity contribution < 1.29 is 4.74 Å². The molecular weight excluding hydrogens is 244 g/mol. The molecular formula is C13H18N4O2. The van der Waals surface area contributed by atoms with E-state index in [0.717, 1.165) is 24.3 Å². The van der Waals surface area contributed by atoms with Crippen LogP contribution < -0.4 is 16.2 Å². The lowest BCUT2D eigenvalue weighted by atomic mass is 10.1. The van der Waals surface area contributed by atoms with E-state index in [0.29, 0.717) is 5.82 Å². The summed E-state index contributed by atoms with van der Waals surface area (Å²) in [7, 11) is 1.60. The molecule has 0 aliphatic carbocycles. The molecule has 0 amide bonds. The fourth-order valence-electron chi connectivity index (χ4n) is 1.98. The highest BCUT2D eigenvalue weighted by atomic mass is 16.5. The first-order chi connectivity index (χ1) is 9.17. The van der Waals surface area contributed by atoms with Crippen molar-refractivity contribution in [1.82, 2.24) is 14.8 Å². The number of ether oxygens (including phenoxy) is 1. The molecule has 1 aromatic heterocycles. The number of nitrogens with two attached hydrogens (primary N) is 1. The molecule has 1 heterocycles. The van der Waals surface area contributed by atoms with Gasteiger partial charge in [-0.3, -0.25) is 0 Å². The highest BCUT2D eigenvalue weighted by Gasteiger charge is 2.16. The van der Waals surface area contributed by atoms with Gasteiger partial charge in [-0.15, -0.1) is 0 Å². The van der Waals surface area contributed by atoms with Crippen molar-refractivity contribution in [2.45, 2.75) is 25.8 Å². The predicted octanol–water partition coefficient (Wildman–Crippen LogP) is 1.37. The van der Waals surface area contributed by atoms with Gasteiger partial charge in [-0.1, -0.05) is 13.3 Å². The van der Waals surface area contributed by atoms with Gasteiger partial charge in [0.1, 0.15) is 5.75 Å². The average Bonchev–Trinajstić information content (AvgIpc) is 2.81. The molecule has 1 aromatic carbocycles. The lowest BCUT2D eigenvalue weighted by molar-refractivity contribution is 0.414. The Morgan fingerprint density at radius 1 is 1.42 bits per heavy atom. The smallest absolute Gasteiger partial charge is 0.347 e. The number of aromatic nitrogens is 3. The van der Waals surface area contributed by atoms with Gasteiger partial charge in [-0.2, -0.15) is 5.10 Å². The normalized spacial score (nSPS) is 12.4. The summed E-state index contributed by atoms with van der Waals surface area (Å²) in [6.45, 7) is 2.04. The average molecular weight is 262 g/mol. The molecule has 19 heavy (non-hydrogen) atoms. The molecule has 2 aromatic rings. The van der Waals surface area contributed by atoms with Crippen LogP contribution in [0.3, 0.4) is 0 Å². The highest BCUT2D eigenvalue weighted by Crippen LogP contribution is 2.18. The van der Waals surface area contributed by atoms with Crippen LogP contribution >= 0.6 is 0 Å².